The van der Waals surface area contributed by atoms with Crippen LogP contribution in [0.4, 0.5) is 17.6 Å². The van der Waals surface area contributed by atoms with E-state index in [1.807, 2.05) is 0 Å². The molecule has 6 heteroatoms. The van der Waals surface area contributed by atoms with Crippen LogP contribution in [0.2, 0.25) is 0 Å². The molecule has 0 aliphatic carbocycles. The van der Waals surface area contributed by atoms with Crippen molar-refractivity contribution in [1.82, 2.24) is 10.3 Å². The van der Waals surface area contributed by atoms with Crippen LogP contribution >= 0.6 is 0 Å². The van der Waals surface area contributed by atoms with E-state index in [4.69, 9.17) is 0 Å². The van der Waals surface area contributed by atoms with E-state index in [9.17, 15) is 17.6 Å². The number of rotatable bonds is 3. The lowest BCUT2D eigenvalue weighted by Crippen LogP contribution is -2.10. The van der Waals surface area contributed by atoms with Crippen molar-refractivity contribution in [3.05, 3.63) is 53.6 Å². The van der Waals surface area contributed by atoms with E-state index in [-0.39, 0.29) is 11.1 Å². The molecule has 0 saturated heterocycles. The molecule has 1 N–H and O–H groups in total. The predicted octanol–water partition coefficient (Wildman–Crippen LogP) is 3.63. The van der Waals surface area contributed by atoms with Gasteiger partial charge in [0.2, 0.25) is 0 Å². The SMILES string of the molecule is CNCc1ccc(F)cc1-c1cnccc1C(F)(F)F. The fourth-order valence-corrected chi connectivity index (χ4v) is 2.00. The number of aromatic nitrogens is 1. The molecular formula is C14H12F4N2. The third-order valence-electron chi connectivity index (χ3n) is 2.86. The highest BCUT2D eigenvalue weighted by molar-refractivity contribution is 5.70. The van der Waals surface area contributed by atoms with Gasteiger partial charge in [0.25, 0.3) is 0 Å². The van der Waals surface area contributed by atoms with Gasteiger partial charge in [0.05, 0.1) is 5.56 Å². The van der Waals surface area contributed by atoms with E-state index in [2.05, 4.69) is 10.3 Å². The molecule has 0 aliphatic rings. The molecule has 0 amide bonds. The Balaban J connectivity index is 2.65. The summed E-state index contributed by atoms with van der Waals surface area (Å²) < 4.78 is 52.4. The summed E-state index contributed by atoms with van der Waals surface area (Å²) >= 11 is 0. The van der Waals surface area contributed by atoms with Gasteiger partial charge in [-0.3, -0.25) is 4.98 Å². The monoisotopic (exact) mass is 284 g/mol. The number of nitrogens with one attached hydrogen (secondary N) is 1. The van der Waals surface area contributed by atoms with Crippen LogP contribution in [0, 0.1) is 5.82 Å². The molecule has 0 spiro atoms. The topological polar surface area (TPSA) is 24.9 Å². The van der Waals surface area contributed by atoms with Crippen molar-refractivity contribution in [2.45, 2.75) is 12.7 Å². The zero-order valence-electron chi connectivity index (χ0n) is 10.6. The first-order valence-electron chi connectivity index (χ1n) is 5.88. The van der Waals surface area contributed by atoms with Crippen molar-refractivity contribution in [2.24, 2.45) is 0 Å². The molecule has 0 radical (unpaired) electrons. The Morgan fingerprint density at radius 2 is 1.90 bits per heavy atom. The normalized spacial score (nSPS) is 11.7. The fourth-order valence-electron chi connectivity index (χ4n) is 2.00. The first kappa shape index (κ1) is 14.5. The first-order chi connectivity index (χ1) is 9.43. The standard InChI is InChI=1S/C14H12F4N2/c1-19-7-9-2-3-10(15)6-11(9)12-8-20-5-4-13(12)14(16,17)18/h2-6,8,19H,7H2,1H3. The van der Waals surface area contributed by atoms with E-state index >= 15 is 0 Å². The van der Waals surface area contributed by atoms with E-state index in [1.54, 1.807) is 7.05 Å². The summed E-state index contributed by atoms with van der Waals surface area (Å²) in [6, 6.07) is 4.68. The van der Waals surface area contributed by atoms with Gasteiger partial charge in [-0.1, -0.05) is 6.07 Å². The Morgan fingerprint density at radius 1 is 1.15 bits per heavy atom. The molecule has 106 valence electrons. The quantitative estimate of drug-likeness (QED) is 0.871. The van der Waals surface area contributed by atoms with Crippen LogP contribution in [0.25, 0.3) is 11.1 Å². The molecule has 0 fully saturated rings. The number of benzene rings is 1. The van der Waals surface area contributed by atoms with Crippen LogP contribution in [0.5, 0.6) is 0 Å². The predicted molar refractivity (Wildman–Crippen MR) is 67.4 cm³/mol. The van der Waals surface area contributed by atoms with Crippen molar-refractivity contribution >= 4 is 0 Å². The van der Waals surface area contributed by atoms with Crippen LogP contribution < -0.4 is 5.32 Å². The lowest BCUT2D eigenvalue weighted by atomic mass is 9.96. The molecule has 0 aliphatic heterocycles. The number of alkyl halides is 3. The van der Waals surface area contributed by atoms with Gasteiger partial charge in [-0.05, 0) is 36.4 Å². The van der Waals surface area contributed by atoms with Gasteiger partial charge in [-0.2, -0.15) is 13.2 Å². The minimum absolute atomic E-state index is 0.121. The van der Waals surface area contributed by atoms with Crippen molar-refractivity contribution in [3.8, 4) is 11.1 Å². The Kier molecular flexibility index (Phi) is 4.04. The van der Waals surface area contributed by atoms with Gasteiger partial charge in [-0.15, -0.1) is 0 Å². The van der Waals surface area contributed by atoms with Crippen molar-refractivity contribution in [3.63, 3.8) is 0 Å². The van der Waals surface area contributed by atoms with Gasteiger partial charge in [0.1, 0.15) is 5.82 Å². The summed E-state index contributed by atoms with van der Waals surface area (Å²) in [6.45, 7) is 0.335. The third-order valence-corrected chi connectivity index (χ3v) is 2.86. The Bertz CT molecular complexity index is 608. The number of hydrogen-bond donors (Lipinski definition) is 1. The average molecular weight is 284 g/mol. The fraction of sp³-hybridized carbons (Fsp3) is 0.214. The van der Waals surface area contributed by atoms with Crippen LogP contribution in [0.1, 0.15) is 11.1 Å². The van der Waals surface area contributed by atoms with Crippen LogP contribution in [-0.2, 0) is 12.7 Å². The average Bonchev–Trinajstić information content (AvgIpc) is 2.40. The van der Waals surface area contributed by atoms with Gasteiger partial charge >= 0.3 is 6.18 Å². The van der Waals surface area contributed by atoms with E-state index in [1.165, 1.54) is 12.1 Å². The van der Waals surface area contributed by atoms with Crippen LogP contribution in [0.3, 0.4) is 0 Å². The molecule has 1 aromatic heterocycles. The maximum atomic E-state index is 13.4. The summed E-state index contributed by atoms with van der Waals surface area (Å²) in [5.41, 5.74) is -0.174. The lowest BCUT2D eigenvalue weighted by molar-refractivity contribution is -0.137. The first-order valence-corrected chi connectivity index (χ1v) is 5.88. The number of hydrogen-bond acceptors (Lipinski definition) is 2. The molecular weight excluding hydrogens is 272 g/mol. The number of pyridine rings is 1. The zero-order valence-corrected chi connectivity index (χ0v) is 10.6. The highest BCUT2D eigenvalue weighted by Crippen LogP contribution is 2.37. The molecule has 0 atom stereocenters. The summed E-state index contributed by atoms with van der Waals surface area (Å²) in [7, 11) is 1.67. The summed E-state index contributed by atoms with van der Waals surface area (Å²) in [6.07, 6.45) is -2.33. The molecule has 1 aromatic carbocycles. The Morgan fingerprint density at radius 3 is 2.55 bits per heavy atom. The van der Waals surface area contributed by atoms with Crippen molar-refractivity contribution in [1.29, 1.82) is 0 Å². The van der Waals surface area contributed by atoms with Crippen molar-refractivity contribution < 1.29 is 17.6 Å². The second kappa shape index (κ2) is 5.58. The molecule has 0 saturated carbocycles. The van der Waals surface area contributed by atoms with Crippen LogP contribution in [0.15, 0.2) is 36.7 Å². The highest BCUT2D eigenvalue weighted by Gasteiger charge is 2.34. The zero-order chi connectivity index (χ0) is 14.8. The van der Waals surface area contributed by atoms with Gasteiger partial charge in [-0.25, -0.2) is 4.39 Å². The largest absolute Gasteiger partial charge is 0.417 e. The minimum Gasteiger partial charge on any atom is -0.316 e. The Hall–Kier alpha value is -1.95. The Labute approximate surface area is 113 Å². The summed E-state index contributed by atoms with van der Waals surface area (Å²) in [4.78, 5) is 3.72. The molecule has 0 unspecified atom stereocenters. The van der Waals surface area contributed by atoms with Gasteiger partial charge in [0.15, 0.2) is 0 Å². The third kappa shape index (κ3) is 2.96. The maximum Gasteiger partial charge on any atom is 0.417 e. The molecule has 20 heavy (non-hydrogen) atoms. The number of halogens is 4. The molecule has 2 nitrogen and oxygen atoms in total. The smallest absolute Gasteiger partial charge is 0.316 e. The van der Waals surface area contributed by atoms with Gasteiger partial charge in [0, 0.05) is 24.5 Å². The van der Waals surface area contributed by atoms with Crippen molar-refractivity contribution in [2.75, 3.05) is 7.05 Å². The number of nitrogens with zero attached hydrogens (tertiary/aromatic N) is 1. The van der Waals surface area contributed by atoms with E-state index in [0.717, 1.165) is 24.5 Å². The molecule has 2 rings (SSSR count). The van der Waals surface area contributed by atoms with E-state index < -0.39 is 17.6 Å². The summed E-state index contributed by atoms with van der Waals surface area (Å²) in [5, 5.41) is 2.85. The van der Waals surface area contributed by atoms with E-state index in [0.29, 0.717) is 12.1 Å². The second-order valence-corrected chi connectivity index (χ2v) is 4.25. The highest BCUT2D eigenvalue weighted by atomic mass is 19.4. The summed E-state index contributed by atoms with van der Waals surface area (Å²) in [5.74, 6) is -0.586. The minimum atomic E-state index is -4.51. The van der Waals surface area contributed by atoms with Crippen LogP contribution in [-0.4, -0.2) is 12.0 Å². The molecule has 0 bridgehead atoms. The molecule has 1 heterocycles. The lowest BCUT2D eigenvalue weighted by Gasteiger charge is -2.15. The second-order valence-electron chi connectivity index (χ2n) is 4.25. The van der Waals surface area contributed by atoms with Gasteiger partial charge < -0.3 is 5.32 Å². The molecule has 2 aromatic rings. The maximum absolute atomic E-state index is 13.4.